The van der Waals surface area contributed by atoms with Crippen molar-refractivity contribution in [2.45, 2.75) is 12.5 Å². The average Bonchev–Trinajstić information content (AvgIpc) is 2.15. The largest absolute Gasteiger partial charge is 0.506 e. The van der Waals surface area contributed by atoms with Crippen LogP contribution < -0.4 is 11.5 Å². The zero-order valence-electron chi connectivity index (χ0n) is 7.91. The number of halogens is 3. The highest BCUT2D eigenvalue weighted by Gasteiger charge is 2.15. The molecule has 0 aliphatic heterocycles. The predicted octanol–water partition coefficient (Wildman–Crippen LogP) is 2.06. The van der Waals surface area contributed by atoms with Crippen LogP contribution in [-0.2, 0) is 0 Å². The van der Waals surface area contributed by atoms with Gasteiger partial charge in [-0.15, -0.1) is 12.4 Å². The van der Waals surface area contributed by atoms with Gasteiger partial charge in [-0.05, 0) is 35.0 Å². The molecule has 0 aliphatic rings. The third kappa shape index (κ3) is 3.31. The fraction of sp³-hybridized carbons (Fsp3) is 0.333. The van der Waals surface area contributed by atoms with Crippen LogP contribution in [0.4, 0.5) is 4.39 Å². The molecule has 1 atom stereocenters. The van der Waals surface area contributed by atoms with Gasteiger partial charge in [0.25, 0.3) is 0 Å². The van der Waals surface area contributed by atoms with Crippen molar-refractivity contribution in [2.24, 2.45) is 11.5 Å². The first-order chi connectivity index (χ1) is 6.57. The van der Waals surface area contributed by atoms with Crippen molar-refractivity contribution in [3.05, 3.63) is 28.0 Å². The second-order valence-electron chi connectivity index (χ2n) is 2.98. The highest BCUT2D eigenvalue weighted by Crippen LogP contribution is 2.33. The van der Waals surface area contributed by atoms with Crippen LogP contribution in [0.1, 0.15) is 18.0 Å². The molecule has 0 aliphatic carbocycles. The summed E-state index contributed by atoms with van der Waals surface area (Å²) in [6.45, 7) is 0.426. The summed E-state index contributed by atoms with van der Waals surface area (Å²) < 4.78 is 13.0. The fourth-order valence-corrected chi connectivity index (χ4v) is 1.55. The smallest absolute Gasteiger partial charge is 0.141 e. The summed E-state index contributed by atoms with van der Waals surface area (Å²) in [6, 6.07) is 2.36. The van der Waals surface area contributed by atoms with Gasteiger partial charge in [0.1, 0.15) is 11.6 Å². The minimum Gasteiger partial charge on any atom is -0.506 e. The molecule has 3 nitrogen and oxygen atoms in total. The van der Waals surface area contributed by atoms with Gasteiger partial charge in [-0.1, -0.05) is 6.07 Å². The lowest BCUT2D eigenvalue weighted by atomic mass is 10.0. The van der Waals surface area contributed by atoms with Crippen LogP contribution in [0.2, 0.25) is 0 Å². The monoisotopic (exact) mass is 298 g/mol. The summed E-state index contributed by atoms with van der Waals surface area (Å²) in [5.41, 5.74) is 11.6. The Morgan fingerprint density at radius 3 is 2.60 bits per heavy atom. The van der Waals surface area contributed by atoms with E-state index in [0.717, 1.165) is 0 Å². The minimum absolute atomic E-state index is 0. The molecular weight excluding hydrogens is 286 g/mol. The van der Waals surface area contributed by atoms with Crippen LogP contribution in [0.25, 0.3) is 0 Å². The van der Waals surface area contributed by atoms with Crippen LogP contribution in [-0.4, -0.2) is 11.7 Å². The number of phenols is 1. The van der Waals surface area contributed by atoms with Gasteiger partial charge < -0.3 is 16.6 Å². The summed E-state index contributed by atoms with van der Waals surface area (Å²) in [5.74, 6) is -0.655. The van der Waals surface area contributed by atoms with Crippen LogP contribution in [0, 0.1) is 5.82 Å². The van der Waals surface area contributed by atoms with E-state index in [1.165, 1.54) is 12.1 Å². The molecule has 0 bridgehead atoms. The van der Waals surface area contributed by atoms with E-state index in [0.29, 0.717) is 18.5 Å². The van der Waals surface area contributed by atoms with E-state index in [1.54, 1.807) is 0 Å². The summed E-state index contributed by atoms with van der Waals surface area (Å²) in [5, 5.41) is 9.57. The first-order valence-electron chi connectivity index (χ1n) is 4.20. The summed E-state index contributed by atoms with van der Waals surface area (Å²) in [7, 11) is 0. The van der Waals surface area contributed by atoms with Crippen LogP contribution in [0.15, 0.2) is 16.6 Å². The Bertz CT molecular complexity index is 338. The molecule has 15 heavy (non-hydrogen) atoms. The molecule has 0 saturated heterocycles. The van der Waals surface area contributed by atoms with Gasteiger partial charge in [-0.3, -0.25) is 0 Å². The lowest BCUT2D eigenvalue weighted by Gasteiger charge is -2.13. The van der Waals surface area contributed by atoms with Gasteiger partial charge >= 0.3 is 0 Å². The number of hydrogen-bond donors (Lipinski definition) is 3. The Morgan fingerprint density at radius 1 is 1.47 bits per heavy atom. The first kappa shape index (κ1) is 14.6. The van der Waals surface area contributed by atoms with E-state index >= 15 is 0 Å². The molecule has 0 aromatic heterocycles. The van der Waals surface area contributed by atoms with Gasteiger partial charge in [0.05, 0.1) is 4.47 Å². The second kappa shape index (κ2) is 6.27. The molecule has 86 valence electrons. The topological polar surface area (TPSA) is 72.3 Å². The molecule has 6 heteroatoms. The van der Waals surface area contributed by atoms with Gasteiger partial charge in [0, 0.05) is 11.6 Å². The zero-order valence-corrected chi connectivity index (χ0v) is 10.3. The van der Waals surface area contributed by atoms with Crippen molar-refractivity contribution in [1.29, 1.82) is 0 Å². The van der Waals surface area contributed by atoms with Crippen LogP contribution >= 0.6 is 28.3 Å². The molecule has 1 aromatic rings. The van der Waals surface area contributed by atoms with Crippen molar-refractivity contribution in [2.75, 3.05) is 6.54 Å². The maximum Gasteiger partial charge on any atom is 0.141 e. The third-order valence-electron chi connectivity index (χ3n) is 1.98. The van der Waals surface area contributed by atoms with Crippen molar-refractivity contribution >= 4 is 28.3 Å². The molecule has 1 rings (SSSR count). The van der Waals surface area contributed by atoms with E-state index in [-0.39, 0.29) is 28.7 Å². The number of benzene rings is 1. The number of rotatable bonds is 3. The number of phenolic OH excluding ortho intramolecular Hbond substituents is 1. The van der Waals surface area contributed by atoms with Crippen LogP contribution in [0.3, 0.4) is 0 Å². The molecule has 0 saturated carbocycles. The second-order valence-corrected chi connectivity index (χ2v) is 3.78. The van der Waals surface area contributed by atoms with Crippen LogP contribution in [0.5, 0.6) is 5.75 Å². The maximum absolute atomic E-state index is 12.9. The van der Waals surface area contributed by atoms with E-state index < -0.39 is 5.82 Å². The normalized spacial score (nSPS) is 12.0. The number of aromatic hydroxyl groups is 1. The molecule has 0 fully saturated rings. The Balaban J connectivity index is 0.00000196. The van der Waals surface area contributed by atoms with E-state index in [4.69, 9.17) is 11.5 Å². The summed E-state index contributed by atoms with van der Waals surface area (Å²) in [6.07, 6.45) is 0.547. The minimum atomic E-state index is -0.508. The Labute approximate surface area is 102 Å². The number of hydrogen-bond acceptors (Lipinski definition) is 3. The molecule has 0 heterocycles. The van der Waals surface area contributed by atoms with Crippen molar-refractivity contribution < 1.29 is 9.50 Å². The number of nitrogens with two attached hydrogens (primary N) is 2. The van der Waals surface area contributed by atoms with Crippen molar-refractivity contribution in [3.63, 3.8) is 0 Å². The van der Waals surface area contributed by atoms with E-state index in [9.17, 15) is 9.50 Å². The van der Waals surface area contributed by atoms with E-state index in [1.807, 2.05) is 0 Å². The lowest BCUT2D eigenvalue weighted by Crippen LogP contribution is -2.15. The molecule has 0 unspecified atom stereocenters. The molecule has 1 aromatic carbocycles. The highest BCUT2D eigenvalue weighted by molar-refractivity contribution is 9.10. The standard InChI is InChI=1S/C9H12BrFN2O.ClH/c10-8-6(11)2-1-5(9(8)14)7(13)3-4-12;/h1-2,7,14H,3-4,12-13H2;1H/t7-;/m1./s1. The molecule has 0 spiro atoms. The summed E-state index contributed by atoms with van der Waals surface area (Å²) in [4.78, 5) is 0. The highest BCUT2D eigenvalue weighted by atomic mass is 79.9. The predicted molar refractivity (Wildman–Crippen MR) is 63.6 cm³/mol. The Hall–Kier alpha value is -0.360. The molecule has 0 amide bonds. The van der Waals surface area contributed by atoms with Crippen molar-refractivity contribution in [1.82, 2.24) is 0 Å². The van der Waals surface area contributed by atoms with Crippen molar-refractivity contribution in [3.8, 4) is 5.75 Å². The van der Waals surface area contributed by atoms with Gasteiger partial charge in [0.15, 0.2) is 0 Å². The Morgan fingerprint density at radius 2 is 2.07 bits per heavy atom. The first-order valence-corrected chi connectivity index (χ1v) is 4.99. The maximum atomic E-state index is 12.9. The van der Waals surface area contributed by atoms with Gasteiger partial charge in [-0.2, -0.15) is 0 Å². The van der Waals surface area contributed by atoms with Gasteiger partial charge in [-0.25, -0.2) is 4.39 Å². The molecular formula is C9H13BrClFN2O. The SMILES string of the molecule is Cl.NCC[C@@H](N)c1ccc(F)c(Br)c1O. The summed E-state index contributed by atoms with van der Waals surface area (Å²) >= 11 is 2.94. The lowest BCUT2D eigenvalue weighted by molar-refractivity contribution is 0.448. The third-order valence-corrected chi connectivity index (χ3v) is 2.73. The quantitative estimate of drug-likeness (QED) is 0.800. The fourth-order valence-electron chi connectivity index (χ4n) is 1.19. The zero-order chi connectivity index (χ0) is 10.7. The van der Waals surface area contributed by atoms with E-state index in [2.05, 4.69) is 15.9 Å². The molecule has 0 radical (unpaired) electrons. The van der Waals surface area contributed by atoms with Gasteiger partial charge in [0.2, 0.25) is 0 Å². The average molecular weight is 300 g/mol. The molecule has 5 N–H and O–H groups in total. The Kier molecular flexibility index (Phi) is 6.12.